The molecule has 0 heterocycles. The molecule has 2 amide bonds. The molecular weight excluding hydrogens is 486 g/mol. The lowest BCUT2D eigenvalue weighted by Gasteiger charge is -2.31. The molecule has 0 fully saturated rings. The summed E-state index contributed by atoms with van der Waals surface area (Å²) >= 11 is 5.99. The second kappa shape index (κ2) is 11.9. The van der Waals surface area contributed by atoms with Gasteiger partial charge in [0, 0.05) is 18.1 Å². The Hall–Kier alpha value is -2.58. The number of sulfonamides is 1. The van der Waals surface area contributed by atoms with E-state index in [0.29, 0.717) is 17.3 Å². The molecule has 0 radical (unpaired) electrons. The van der Waals surface area contributed by atoms with Crippen LogP contribution in [0.2, 0.25) is 5.02 Å². The van der Waals surface area contributed by atoms with Gasteiger partial charge in [0.1, 0.15) is 12.6 Å². The minimum absolute atomic E-state index is 0.0963. The number of nitrogens with zero attached hydrogens (tertiary/aromatic N) is 2. The van der Waals surface area contributed by atoms with E-state index in [0.717, 1.165) is 28.1 Å². The maximum atomic E-state index is 13.5. The fraction of sp³-hybridized carbons (Fsp3) is 0.462. The van der Waals surface area contributed by atoms with Crippen LogP contribution in [0.4, 0.5) is 5.69 Å². The molecule has 0 bridgehead atoms. The van der Waals surface area contributed by atoms with E-state index < -0.39 is 28.5 Å². The number of nitrogens with one attached hydrogen (secondary N) is 1. The van der Waals surface area contributed by atoms with E-state index in [4.69, 9.17) is 11.6 Å². The minimum Gasteiger partial charge on any atom is -0.354 e. The standard InChI is InChI=1S/C26H36ClN3O4S/c1-7-16-28-25(32)19(2)29(17-20-8-12-22(27)13-9-20)24(31)18-30(35(6,33)34)23-14-10-21(11-15-23)26(3,4)5/h8-15,19H,7,16-18H2,1-6H3,(H,28,32). The van der Waals surface area contributed by atoms with Crippen LogP contribution >= 0.6 is 11.6 Å². The number of amides is 2. The third-order valence-electron chi connectivity index (χ3n) is 5.68. The van der Waals surface area contributed by atoms with Crippen molar-refractivity contribution in [3.63, 3.8) is 0 Å². The molecule has 2 aromatic rings. The van der Waals surface area contributed by atoms with Crippen molar-refractivity contribution in [1.82, 2.24) is 10.2 Å². The fourth-order valence-electron chi connectivity index (χ4n) is 3.51. The Morgan fingerprint density at radius 3 is 2.09 bits per heavy atom. The number of carbonyl (C=O) groups is 2. The molecule has 1 unspecified atom stereocenters. The van der Waals surface area contributed by atoms with Crippen molar-refractivity contribution in [3.8, 4) is 0 Å². The molecule has 1 atom stereocenters. The normalized spacial score (nSPS) is 12.7. The summed E-state index contributed by atoms with van der Waals surface area (Å²) in [5, 5.41) is 3.37. The molecule has 0 spiro atoms. The van der Waals surface area contributed by atoms with Gasteiger partial charge < -0.3 is 10.2 Å². The van der Waals surface area contributed by atoms with Crippen molar-refractivity contribution in [2.45, 2.75) is 59.0 Å². The summed E-state index contributed by atoms with van der Waals surface area (Å²) in [6.07, 6.45) is 1.83. The Morgan fingerprint density at radius 1 is 1.03 bits per heavy atom. The van der Waals surface area contributed by atoms with Gasteiger partial charge in [-0.3, -0.25) is 13.9 Å². The van der Waals surface area contributed by atoms with E-state index in [-0.39, 0.29) is 17.9 Å². The predicted molar refractivity (Wildman–Crippen MR) is 142 cm³/mol. The monoisotopic (exact) mass is 521 g/mol. The lowest BCUT2D eigenvalue weighted by atomic mass is 9.87. The summed E-state index contributed by atoms with van der Waals surface area (Å²) in [6, 6.07) is 13.3. The number of halogens is 1. The first-order valence-corrected chi connectivity index (χ1v) is 13.9. The van der Waals surface area contributed by atoms with Gasteiger partial charge in [-0.1, -0.05) is 63.6 Å². The van der Waals surface area contributed by atoms with E-state index in [1.54, 1.807) is 43.3 Å². The van der Waals surface area contributed by atoms with Crippen LogP contribution < -0.4 is 9.62 Å². The van der Waals surface area contributed by atoms with Gasteiger partial charge in [0.05, 0.1) is 11.9 Å². The first kappa shape index (κ1) is 28.7. The number of benzene rings is 2. The van der Waals surface area contributed by atoms with E-state index >= 15 is 0 Å². The third-order valence-corrected chi connectivity index (χ3v) is 7.08. The molecule has 7 nitrogen and oxygen atoms in total. The van der Waals surface area contributed by atoms with Crippen LogP contribution in [0, 0.1) is 0 Å². The molecular formula is C26H36ClN3O4S. The van der Waals surface area contributed by atoms with Gasteiger partial charge in [0.25, 0.3) is 0 Å². The van der Waals surface area contributed by atoms with Crippen LogP contribution in [0.25, 0.3) is 0 Å². The first-order valence-electron chi connectivity index (χ1n) is 11.6. The zero-order valence-electron chi connectivity index (χ0n) is 21.3. The molecule has 0 aliphatic rings. The van der Waals surface area contributed by atoms with Crippen molar-refractivity contribution in [3.05, 3.63) is 64.7 Å². The molecule has 0 aliphatic carbocycles. The molecule has 0 saturated heterocycles. The molecule has 0 aromatic heterocycles. The van der Waals surface area contributed by atoms with Gasteiger partial charge in [0.15, 0.2) is 0 Å². The highest BCUT2D eigenvalue weighted by Crippen LogP contribution is 2.26. The second-order valence-corrected chi connectivity index (χ2v) is 12.0. The Balaban J connectivity index is 2.37. The Kier molecular flexibility index (Phi) is 9.75. The highest BCUT2D eigenvalue weighted by Gasteiger charge is 2.30. The Bertz CT molecular complexity index is 1110. The molecule has 35 heavy (non-hydrogen) atoms. The molecule has 192 valence electrons. The lowest BCUT2D eigenvalue weighted by molar-refractivity contribution is -0.139. The number of carbonyl (C=O) groups excluding carboxylic acids is 2. The largest absolute Gasteiger partial charge is 0.354 e. The average Bonchev–Trinajstić information content (AvgIpc) is 2.78. The highest BCUT2D eigenvalue weighted by atomic mass is 35.5. The number of hydrogen-bond acceptors (Lipinski definition) is 4. The summed E-state index contributed by atoms with van der Waals surface area (Å²) in [5.41, 5.74) is 2.12. The van der Waals surface area contributed by atoms with Gasteiger partial charge in [-0.2, -0.15) is 0 Å². The highest BCUT2D eigenvalue weighted by molar-refractivity contribution is 7.92. The lowest BCUT2D eigenvalue weighted by Crippen LogP contribution is -2.51. The van der Waals surface area contributed by atoms with Crippen LogP contribution in [-0.4, -0.2) is 50.5 Å². The summed E-state index contributed by atoms with van der Waals surface area (Å²) in [4.78, 5) is 27.6. The Labute approximate surface area is 214 Å². The van der Waals surface area contributed by atoms with Crippen molar-refractivity contribution in [2.75, 3.05) is 23.7 Å². The molecule has 2 rings (SSSR count). The van der Waals surface area contributed by atoms with E-state index in [9.17, 15) is 18.0 Å². The molecule has 2 aromatic carbocycles. The van der Waals surface area contributed by atoms with Crippen molar-refractivity contribution in [2.24, 2.45) is 0 Å². The SMILES string of the molecule is CCCNC(=O)C(C)N(Cc1ccc(Cl)cc1)C(=O)CN(c1ccc(C(C)(C)C)cc1)S(C)(=O)=O. The maximum Gasteiger partial charge on any atom is 0.244 e. The van der Waals surface area contributed by atoms with Crippen LogP contribution in [-0.2, 0) is 31.6 Å². The average molecular weight is 522 g/mol. The van der Waals surface area contributed by atoms with Crippen molar-refractivity contribution < 1.29 is 18.0 Å². The molecule has 0 saturated carbocycles. The zero-order chi connectivity index (χ0) is 26.4. The Morgan fingerprint density at radius 2 is 1.60 bits per heavy atom. The van der Waals surface area contributed by atoms with E-state index in [2.05, 4.69) is 26.1 Å². The predicted octanol–water partition coefficient (Wildman–Crippen LogP) is 4.35. The number of rotatable bonds is 10. The van der Waals surface area contributed by atoms with Crippen molar-refractivity contribution >= 4 is 39.1 Å². The molecule has 9 heteroatoms. The van der Waals surface area contributed by atoms with Crippen LogP contribution in [0.15, 0.2) is 48.5 Å². The van der Waals surface area contributed by atoms with Crippen LogP contribution in [0.3, 0.4) is 0 Å². The smallest absolute Gasteiger partial charge is 0.244 e. The number of anilines is 1. The van der Waals surface area contributed by atoms with Gasteiger partial charge >= 0.3 is 0 Å². The van der Waals surface area contributed by atoms with Gasteiger partial charge in [-0.25, -0.2) is 8.42 Å². The van der Waals surface area contributed by atoms with Crippen LogP contribution in [0.5, 0.6) is 0 Å². The third kappa shape index (κ3) is 8.25. The van der Waals surface area contributed by atoms with Crippen LogP contribution in [0.1, 0.15) is 52.2 Å². The topological polar surface area (TPSA) is 86.8 Å². The summed E-state index contributed by atoms with van der Waals surface area (Å²) in [6.45, 7) is 9.99. The minimum atomic E-state index is -3.77. The number of hydrogen-bond donors (Lipinski definition) is 1. The maximum absolute atomic E-state index is 13.5. The summed E-state index contributed by atoms with van der Waals surface area (Å²) in [5.74, 6) is -0.779. The first-order chi connectivity index (χ1) is 16.2. The fourth-order valence-corrected chi connectivity index (χ4v) is 4.48. The van der Waals surface area contributed by atoms with Gasteiger partial charge in [0.2, 0.25) is 21.8 Å². The summed E-state index contributed by atoms with van der Waals surface area (Å²) < 4.78 is 26.4. The van der Waals surface area contributed by atoms with Gasteiger partial charge in [-0.05, 0) is 54.2 Å². The van der Waals surface area contributed by atoms with E-state index in [1.165, 1.54) is 4.90 Å². The second-order valence-electron chi connectivity index (χ2n) is 9.68. The van der Waals surface area contributed by atoms with E-state index in [1.807, 2.05) is 19.1 Å². The van der Waals surface area contributed by atoms with Crippen molar-refractivity contribution in [1.29, 1.82) is 0 Å². The molecule has 1 N–H and O–H groups in total. The summed E-state index contributed by atoms with van der Waals surface area (Å²) in [7, 11) is -3.77. The zero-order valence-corrected chi connectivity index (χ0v) is 22.9. The van der Waals surface area contributed by atoms with Gasteiger partial charge in [-0.15, -0.1) is 0 Å². The molecule has 0 aliphatic heterocycles. The quantitative estimate of drug-likeness (QED) is 0.503.